The lowest BCUT2D eigenvalue weighted by atomic mass is 9.55. The van der Waals surface area contributed by atoms with Crippen molar-refractivity contribution in [1.29, 1.82) is 0 Å². The van der Waals surface area contributed by atoms with E-state index in [1.165, 1.54) is 76.2 Å². The smallest absolute Gasteiger partial charge is 0.157 e. The van der Waals surface area contributed by atoms with Crippen molar-refractivity contribution in [3.05, 3.63) is 29.3 Å². The van der Waals surface area contributed by atoms with E-state index < -0.39 is 0 Å². The largest absolute Gasteiger partial charge is 0.497 e. The van der Waals surface area contributed by atoms with Crippen LogP contribution in [0.5, 0.6) is 5.75 Å². The van der Waals surface area contributed by atoms with Crippen LogP contribution in [-0.2, 0) is 15.9 Å². The zero-order chi connectivity index (χ0) is 24.3. The van der Waals surface area contributed by atoms with Gasteiger partial charge in [0.25, 0.3) is 0 Å². The molecular formula is C31H48O4. The Morgan fingerprint density at radius 1 is 1.06 bits per heavy atom. The maximum absolute atomic E-state index is 11.4. The van der Waals surface area contributed by atoms with Crippen molar-refractivity contribution < 1.29 is 19.3 Å². The van der Waals surface area contributed by atoms with E-state index >= 15 is 0 Å². The summed E-state index contributed by atoms with van der Waals surface area (Å²) in [6.45, 7) is 4.12. The van der Waals surface area contributed by atoms with Gasteiger partial charge < -0.3 is 19.3 Å². The van der Waals surface area contributed by atoms with Crippen molar-refractivity contribution in [3.8, 4) is 5.75 Å². The number of hydrogen-bond donors (Lipinski definition) is 1. The Kier molecular flexibility index (Phi) is 8.41. The van der Waals surface area contributed by atoms with Gasteiger partial charge in [-0.2, -0.15) is 0 Å². The molecule has 2 saturated carbocycles. The third-order valence-electron chi connectivity index (χ3n) is 10.2. The van der Waals surface area contributed by atoms with Gasteiger partial charge in [-0.1, -0.05) is 38.7 Å². The normalized spacial score (nSPS) is 36.3. The Morgan fingerprint density at radius 3 is 2.74 bits per heavy atom. The van der Waals surface area contributed by atoms with Gasteiger partial charge in [-0.25, -0.2) is 0 Å². The second-order valence-electron chi connectivity index (χ2n) is 12.2. The summed E-state index contributed by atoms with van der Waals surface area (Å²) in [4.78, 5) is 0. The zero-order valence-corrected chi connectivity index (χ0v) is 22.2. The van der Waals surface area contributed by atoms with E-state index in [-0.39, 0.29) is 17.8 Å². The molecule has 1 N–H and O–H groups in total. The number of methoxy groups -OCH3 is 1. The van der Waals surface area contributed by atoms with Crippen molar-refractivity contribution >= 4 is 0 Å². The van der Waals surface area contributed by atoms with Crippen molar-refractivity contribution in [2.45, 2.75) is 115 Å². The Bertz CT molecular complexity index is 818. The van der Waals surface area contributed by atoms with Crippen molar-refractivity contribution in [1.82, 2.24) is 0 Å². The molecular weight excluding hydrogens is 436 g/mol. The van der Waals surface area contributed by atoms with Gasteiger partial charge in [-0.05, 0) is 117 Å². The van der Waals surface area contributed by atoms with Gasteiger partial charge in [-0.3, -0.25) is 0 Å². The second-order valence-corrected chi connectivity index (χ2v) is 12.2. The fourth-order valence-electron chi connectivity index (χ4n) is 8.21. The zero-order valence-electron chi connectivity index (χ0n) is 22.2. The molecule has 0 radical (unpaired) electrons. The van der Waals surface area contributed by atoms with Crippen LogP contribution >= 0.6 is 0 Å². The summed E-state index contributed by atoms with van der Waals surface area (Å²) in [6.07, 6.45) is 16.9. The van der Waals surface area contributed by atoms with Gasteiger partial charge in [0.2, 0.25) is 0 Å². The van der Waals surface area contributed by atoms with Gasteiger partial charge in [-0.15, -0.1) is 0 Å². The van der Waals surface area contributed by atoms with E-state index in [0.29, 0.717) is 17.8 Å². The molecule has 4 aliphatic rings. The first-order valence-corrected chi connectivity index (χ1v) is 14.7. The number of aliphatic hydroxyl groups is 1. The minimum absolute atomic E-state index is 0.0533. The molecule has 1 saturated heterocycles. The Hall–Kier alpha value is -1.10. The van der Waals surface area contributed by atoms with E-state index in [1.807, 2.05) is 0 Å². The molecule has 1 aromatic rings. The molecule has 4 heteroatoms. The van der Waals surface area contributed by atoms with Gasteiger partial charge in [0.05, 0.1) is 13.2 Å². The molecule has 0 spiro atoms. The summed E-state index contributed by atoms with van der Waals surface area (Å²) in [6, 6.07) is 6.75. The average molecular weight is 485 g/mol. The summed E-state index contributed by atoms with van der Waals surface area (Å²) < 4.78 is 17.0. The number of aliphatic hydroxyl groups excluding tert-OH is 1. The highest BCUT2D eigenvalue weighted by Crippen LogP contribution is 2.62. The van der Waals surface area contributed by atoms with Crippen LogP contribution in [0.1, 0.15) is 107 Å². The lowest BCUT2D eigenvalue weighted by Crippen LogP contribution is -2.44. The maximum Gasteiger partial charge on any atom is 0.157 e. The number of hydrogen-bond acceptors (Lipinski definition) is 4. The minimum atomic E-state index is -0.116. The number of fused-ring (bicyclic) bond motifs is 5. The van der Waals surface area contributed by atoms with Crippen LogP contribution in [0.3, 0.4) is 0 Å². The molecule has 0 amide bonds. The van der Waals surface area contributed by atoms with Gasteiger partial charge in [0.1, 0.15) is 5.75 Å². The summed E-state index contributed by atoms with van der Waals surface area (Å²) in [5.41, 5.74) is 3.19. The van der Waals surface area contributed by atoms with E-state index in [9.17, 15) is 5.11 Å². The highest BCUT2D eigenvalue weighted by atomic mass is 16.7. The first kappa shape index (κ1) is 25.5. The van der Waals surface area contributed by atoms with Crippen LogP contribution in [-0.4, -0.2) is 37.8 Å². The maximum atomic E-state index is 11.4. The molecule has 1 aromatic carbocycles. The number of benzene rings is 1. The van der Waals surface area contributed by atoms with Crippen LogP contribution in [0.2, 0.25) is 0 Å². The summed E-state index contributed by atoms with van der Waals surface area (Å²) in [5, 5.41) is 11.4. The molecule has 1 unspecified atom stereocenters. The highest BCUT2D eigenvalue weighted by Gasteiger charge is 2.57. The van der Waals surface area contributed by atoms with Crippen molar-refractivity contribution in [2.75, 3.05) is 20.3 Å². The van der Waals surface area contributed by atoms with Crippen LogP contribution < -0.4 is 4.74 Å². The average Bonchev–Trinajstić information content (AvgIpc) is 3.15. The Labute approximate surface area is 213 Å². The van der Waals surface area contributed by atoms with Gasteiger partial charge >= 0.3 is 0 Å². The van der Waals surface area contributed by atoms with Crippen LogP contribution in [0.4, 0.5) is 0 Å². The third-order valence-corrected chi connectivity index (χ3v) is 10.2. The molecule has 4 nitrogen and oxygen atoms in total. The monoisotopic (exact) mass is 484 g/mol. The van der Waals surface area contributed by atoms with Gasteiger partial charge in [0, 0.05) is 13.2 Å². The van der Waals surface area contributed by atoms with Crippen LogP contribution in [0, 0.1) is 23.2 Å². The SMILES string of the molecule is COc1ccc2c(c1)CC[C@@H]1[C@@H]2CC[C@]2(C)[C@@H](O)[C@H](CCCCCCCOC3CCCCO3)C[C@@H]12. The number of unbranched alkanes of at least 4 members (excludes halogenated alkanes) is 4. The molecule has 0 aromatic heterocycles. The van der Waals surface area contributed by atoms with E-state index in [1.54, 1.807) is 12.7 Å². The summed E-state index contributed by atoms with van der Waals surface area (Å²) in [5.74, 6) is 3.57. The summed E-state index contributed by atoms with van der Waals surface area (Å²) >= 11 is 0. The molecule has 5 rings (SSSR count). The third kappa shape index (κ3) is 5.45. The quantitative estimate of drug-likeness (QED) is 0.362. The Balaban J connectivity index is 1.06. The molecule has 3 fully saturated rings. The van der Waals surface area contributed by atoms with Crippen LogP contribution in [0.15, 0.2) is 18.2 Å². The fourth-order valence-corrected chi connectivity index (χ4v) is 8.21. The Morgan fingerprint density at radius 2 is 1.91 bits per heavy atom. The molecule has 7 atom stereocenters. The fraction of sp³-hybridized carbons (Fsp3) is 0.806. The molecule has 1 aliphatic heterocycles. The first-order chi connectivity index (χ1) is 17.1. The highest BCUT2D eigenvalue weighted by molar-refractivity contribution is 5.40. The second kappa shape index (κ2) is 11.5. The lowest BCUT2D eigenvalue weighted by Gasteiger charge is -2.50. The number of rotatable bonds is 10. The predicted molar refractivity (Wildman–Crippen MR) is 140 cm³/mol. The molecule has 196 valence electrons. The topological polar surface area (TPSA) is 47.9 Å². The minimum Gasteiger partial charge on any atom is -0.497 e. The standard InChI is InChI=1S/C31H48O4/c1-31-17-16-26-25-15-13-24(33-2)20-22(25)12-14-27(26)28(31)21-23(30(31)32)10-6-4-3-5-8-18-34-29-11-7-9-19-35-29/h13,15,20,23,26-30,32H,3-12,14,16-19,21H2,1-2H3/t23-,26-,27-,28+,29?,30+,31+/m1/s1. The van der Waals surface area contributed by atoms with Crippen molar-refractivity contribution in [3.63, 3.8) is 0 Å². The lowest BCUT2D eigenvalue weighted by molar-refractivity contribution is -0.162. The molecule has 3 aliphatic carbocycles. The van der Waals surface area contributed by atoms with E-state index in [2.05, 4.69) is 25.1 Å². The molecule has 0 bridgehead atoms. The predicted octanol–water partition coefficient (Wildman–Crippen LogP) is 7.02. The van der Waals surface area contributed by atoms with E-state index in [4.69, 9.17) is 14.2 Å². The first-order valence-electron chi connectivity index (χ1n) is 14.7. The van der Waals surface area contributed by atoms with Gasteiger partial charge in [0.15, 0.2) is 6.29 Å². The molecule has 35 heavy (non-hydrogen) atoms. The van der Waals surface area contributed by atoms with Crippen LogP contribution in [0.25, 0.3) is 0 Å². The number of aryl methyl sites for hydroxylation is 1. The number of ether oxygens (including phenoxy) is 3. The van der Waals surface area contributed by atoms with Crippen molar-refractivity contribution in [2.24, 2.45) is 23.2 Å². The van der Waals surface area contributed by atoms with E-state index in [0.717, 1.165) is 44.1 Å². The molecule has 1 heterocycles. The summed E-state index contributed by atoms with van der Waals surface area (Å²) in [7, 11) is 1.77.